The van der Waals surface area contributed by atoms with Crippen molar-refractivity contribution in [1.29, 1.82) is 0 Å². The average molecular weight is 380 g/mol. The number of rotatable bonds is 12. The Morgan fingerprint density at radius 3 is 2.07 bits per heavy atom. The van der Waals surface area contributed by atoms with Crippen LogP contribution in [-0.4, -0.2) is 37.1 Å². The maximum absolute atomic E-state index is 12.0. The van der Waals surface area contributed by atoms with Crippen LogP contribution in [0.4, 0.5) is 0 Å². The van der Waals surface area contributed by atoms with Crippen molar-refractivity contribution in [3.8, 4) is 11.1 Å². The summed E-state index contributed by atoms with van der Waals surface area (Å²) in [5.74, 6) is -0.280. The van der Waals surface area contributed by atoms with Crippen LogP contribution in [0.15, 0.2) is 60.7 Å². The standard InChI is InChI=1S/C25H33NO2/c1-3-5-18-26(19-6-4-2)20-21-28-25(27)17-14-22-12-15-24(16-13-22)23-10-8-7-9-11-23/h7-17H,3-6,18-21H2,1-2H3/b17-14-. The molecule has 0 atom stereocenters. The first-order valence-corrected chi connectivity index (χ1v) is 10.5. The minimum atomic E-state index is -0.280. The van der Waals surface area contributed by atoms with Crippen LogP contribution < -0.4 is 0 Å². The fourth-order valence-corrected chi connectivity index (χ4v) is 3.00. The fourth-order valence-electron chi connectivity index (χ4n) is 3.00. The van der Waals surface area contributed by atoms with Gasteiger partial charge in [-0.25, -0.2) is 4.79 Å². The van der Waals surface area contributed by atoms with Gasteiger partial charge in [0.05, 0.1) is 0 Å². The van der Waals surface area contributed by atoms with Gasteiger partial charge in [-0.15, -0.1) is 0 Å². The van der Waals surface area contributed by atoms with E-state index in [1.807, 2.05) is 36.4 Å². The van der Waals surface area contributed by atoms with Gasteiger partial charge in [0.15, 0.2) is 0 Å². The topological polar surface area (TPSA) is 29.5 Å². The summed E-state index contributed by atoms with van der Waals surface area (Å²) >= 11 is 0. The second kappa shape index (κ2) is 12.9. The summed E-state index contributed by atoms with van der Waals surface area (Å²) in [4.78, 5) is 14.4. The molecule has 0 unspecified atom stereocenters. The zero-order valence-electron chi connectivity index (χ0n) is 17.3. The highest BCUT2D eigenvalue weighted by atomic mass is 16.5. The maximum atomic E-state index is 12.0. The van der Waals surface area contributed by atoms with Crippen LogP contribution in [-0.2, 0) is 9.53 Å². The Kier molecular flexibility index (Phi) is 10.1. The van der Waals surface area contributed by atoms with E-state index in [4.69, 9.17) is 4.74 Å². The van der Waals surface area contributed by atoms with E-state index in [1.165, 1.54) is 42.9 Å². The smallest absolute Gasteiger partial charge is 0.330 e. The van der Waals surface area contributed by atoms with Gasteiger partial charge in [0, 0.05) is 12.6 Å². The number of unbranched alkanes of at least 4 members (excludes halogenated alkanes) is 2. The van der Waals surface area contributed by atoms with Crippen molar-refractivity contribution in [1.82, 2.24) is 4.90 Å². The van der Waals surface area contributed by atoms with Crippen molar-refractivity contribution in [2.24, 2.45) is 0 Å². The minimum absolute atomic E-state index is 0.280. The summed E-state index contributed by atoms with van der Waals surface area (Å²) in [6.45, 7) is 7.83. The van der Waals surface area contributed by atoms with Crippen molar-refractivity contribution >= 4 is 12.0 Å². The SMILES string of the molecule is CCCCN(CCCC)CCOC(=O)/C=C\c1ccc(-c2ccccc2)cc1. The second-order valence-electron chi connectivity index (χ2n) is 7.04. The first-order chi connectivity index (χ1) is 13.7. The molecule has 0 aliphatic rings. The molecule has 3 heteroatoms. The Balaban J connectivity index is 1.78. The summed E-state index contributed by atoms with van der Waals surface area (Å²) in [7, 11) is 0. The molecule has 0 heterocycles. The van der Waals surface area contributed by atoms with Gasteiger partial charge in [0.1, 0.15) is 6.61 Å². The highest BCUT2D eigenvalue weighted by Crippen LogP contribution is 2.19. The third-order valence-corrected chi connectivity index (χ3v) is 4.74. The van der Waals surface area contributed by atoms with Crippen molar-refractivity contribution < 1.29 is 9.53 Å². The lowest BCUT2D eigenvalue weighted by Gasteiger charge is -2.21. The molecule has 3 nitrogen and oxygen atoms in total. The van der Waals surface area contributed by atoms with Gasteiger partial charge < -0.3 is 4.74 Å². The molecular formula is C25H33NO2. The van der Waals surface area contributed by atoms with Crippen LogP contribution >= 0.6 is 0 Å². The Morgan fingerprint density at radius 1 is 0.857 bits per heavy atom. The van der Waals surface area contributed by atoms with Gasteiger partial charge in [0.2, 0.25) is 0 Å². The highest BCUT2D eigenvalue weighted by Gasteiger charge is 2.05. The molecule has 0 amide bonds. The van der Waals surface area contributed by atoms with Crippen LogP contribution in [0.1, 0.15) is 45.1 Å². The number of carbonyl (C=O) groups is 1. The van der Waals surface area contributed by atoms with Crippen LogP contribution in [0.3, 0.4) is 0 Å². The van der Waals surface area contributed by atoms with E-state index in [0.29, 0.717) is 6.61 Å². The normalized spacial score (nSPS) is 11.2. The molecule has 0 aromatic heterocycles. The molecule has 0 bridgehead atoms. The highest BCUT2D eigenvalue weighted by molar-refractivity contribution is 5.87. The molecule has 0 saturated heterocycles. The van der Waals surface area contributed by atoms with E-state index < -0.39 is 0 Å². The van der Waals surface area contributed by atoms with Crippen LogP contribution in [0.5, 0.6) is 0 Å². The largest absolute Gasteiger partial charge is 0.461 e. The van der Waals surface area contributed by atoms with Crippen molar-refractivity contribution in [2.75, 3.05) is 26.2 Å². The summed E-state index contributed by atoms with van der Waals surface area (Å²) in [6, 6.07) is 18.4. The Morgan fingerprint density at radius 2 is 1.46 bits per heavy atom. The van der Waals surface area contributed by atoms with E-state index in [2.05, 4.69) is 43.0 Å². The second-order valence-corrected chi connectivity index (χ2v) is 7.04. The molecule has 0 N–H and O–H groups in total. The molecule has 0 fully saturated rings. The number of hydrogen-bond acceptors (Lipinski definition) is 3. The Bertz CT molecular complexity index is 699. The average Bonchev–Trinajstić information content (AvgIpc) is 2.74. The molecule has 2 aromatic rings. The number of benzene rings is 2. The molecule has 0 aliphatic carbocycles. The first kappa shape index (κ1) is 21.9. The molecule has 2 rings (SSSR count). The third kappa shape index (κ3) is 8.10. The van der Waals surface area contributed by atoms with Gasteiger partial charge in [-0.05, 0) is 48.7 Å². The van der Waals surface area contributed by atoms with E-state index in [1.54, 1.807) is 0 Å². The quantitative estimate of drug-likeness (QED) is 0.344. The van der Waals surface area contributed by atoms with Crippen molar-refractivity contribution in [3.05, 3.63) is 66.2 Å². The molecule has 150 valence electrons. The van der Waals surface area contributed by atoms with Gasteiger partial charge in [-0.2, -0.15) is 0 Å². The Hall–Kier alpha value is -2.39. The van der Waals surface area contributed by atoms with E-state index in [-0.39, 0.29) is 5.97 Å². The van der Waals surface area contributed by atoms with E-state index in [9.17, 15) is 4.79 Å². The lowest BCUT2D eigenvalue weighted by atomic mass is 10.0. The predicted molar refractivity (Wildman–Crippen MR) is 118 cm³/mol. The minimum Gasteiger partial charge on any atom is -0.461 e. The number of ether oxygens (including phenoxy) is 1. The maximum Gasteiger partial charge on any atom is 0.330 e. The fraction of sp³-hybridized carbons (Fsp3) is 0.400. The summed E-state index contributed by atoms with van der Waals surface area (Å²) in [5, 5.41) is 0. The predicted octanol–water partition coefficient (Wildman–Crippen LogP) is 5.81. The molecule has 2 aromatic carbocycles. The number of hydrogen-bond donors (Lipinski definition) is 0. The summed E-state index contributed by atoms with van der Waals surface area (Å²) in [6.07, 6.45) is 8.08. The monoisotopic (exact) mass is 379 g/mol. The van der Waals surface area contributed by atoms with Gasteiger partial charge in [0.25, 0.3) is 0 Å². The first-order valence-electron chi connectivity index (χ1n) is 10.5. The van der Waals surface area contributed by atoms with Gasteiger partial charge in [-0.1, -0.05) is 81.3 Å². The molecular weight excluding hydrogens is 346 g/mol. The molecule has 0 radical (unpaired) electrons. The summed E-state index contributed by atoms with van der Waals surface area (Å²) in [5.41, 5.74) is 3.34. The number of carbonyl (C=O) groups excluding carboxylic acids is 1. The number of nitrogens with zero attached hydrogens (tertiary/aromatic N) is 1. The van der Waals surface area contributed by atoms with Gasteiger partial charge in [-0.3, -0.25) is 4.90 Å². The molecule has 0 spiro atoms. The van der Waals surface area contributed by atoms with Crippen LogP contribution in [0.25, 0.3) is 17.2 Å². The van der Waals surface area contributed by atoms with Gasteiger partial charge >= 0.3 is 5.97 Å². The molecule has 28 heavy (non-hydrogen) atoms. The summed E-state index contributed by atoms with van der Waals surface area (Å²) < 4.78 is 5.38. The number of esters is 1. The van der Waals surface area contributed by atoms with E-state index in [0.717, 1.165) is 25.2 Å². The van der Waals surface area contributed by atoms with Crippen molar-refractivity contribution in [2.45, 2.75) is 39.5 Å². The lowest BCUT2D eigenvalue weighted by Crippen LogP contribution is -2.30. The van der Waals surface area contributed by atoms with E-state index >= 15 is 0 Å². The Labute approximate surface area is 170 Å². The zero-order valence-corrected chi connectivity index (χ0v) is 17.3. The lowest BCUT2D eigenvalue weighted by molar-refractivity contribution is -0.138. The van der Waals surface area contributed by atoms with Crippen molar-refractivity contribution in [3.63, 3.8) is 0 Å². The van der Waals surface area contributed by atoms with Crippen LogP contribution in [0.2, 0.25) is 0 Å². The molecule has 0 saturated carbocycles. The van der Waals surface area contributed by atoms with Crippen LogP contribution in [0, 0.1) is 0 Å². The third-order valence-electron chi connectivity index (χ3n) is 4.74. The molecule has 0 aliphatic heterocycles. The zero-order chi connectivity index (χ0) is 20.0.